The number of nitrogens with one attached hydrogen (secondary N) is 2. The topological polar surface area (TPSA) is 71.4 Å². The Kier molecular flexibility index (Phi) is 8.23. The molecule has 7 nitrogen and oxygen atoms in total. The van der Waals surface area contributed by atoms with Gasteiger partial charge < -0.3 is 24.8 Å². The molecule has 178 valence electrons. The molecule has 3 heterocycles. The number of methoxy groups -OCH3 is 1. The minimum atomic E-state index is 0. The Morgan fingerprint density at radius 2 is 1.97 bits per heavy atom. The van der Waals surface area contributed by atoms with Crippen molar-refractivity contribution in [2.45, 2.75) is 6.04 Å². The first-order valence-corrected chi connectivity index (χ1v) is 10.9. The summed E-state index contributed by atoms with van der Waals surface area (Å²) >= 11 is 0. The van der Waals surface area contributed by atoms with Gasteiger partial charge in [-0.3, -0.25) is 4.79 Å². The van der Waals surface area contributed by atoms with Crippen LogP contribution in [0.15, 0.2) is 48.5 Å². The van der Waals surface area contributed by atoms with E-state index in [9.17, 15) is 4.79 Å². The number of nitrogens with zero attached hydrogens (tertiary/aromatic N) is 3. The molecule has 2 fully saturated rings. The van der Waals surface area contributed by atoms with E-state index in [0.717, 1.165) is 36.6 Å². The normalized spacial score (nSPS) is 21.4. The molecule has 0 radical (unpaired) electrons. The zero-order chi connectivity index (χ0) is 21.4. The van der Waals surface area contributed by atoms with Gasteiger partial charge in [0.05, 0.1) is 23.7 Å². The number of halogens is 2. The highest BCUT2D eigenvalue weighted by Crippen LogP contribution is 2.43. The predicted molar refractivity (Wildman–Crippen MR) is 136 cm³/mol. The summed E-state index contributed by atoms with van der Waals surface area (Å²) < 4.78 is 7.12. The number of hydrogen-bond donors (Lipinski definition) is 2. The molecule has 2 aliphatic heterocycles. The summed E-state index contributed by atoms with van der Waals surface area (Å²) in [6.45, 7) is 4.03. The van der Waals surface area contributed by atoms with Gasteiger partial charge in [-0.15, -0.1) is 24.8 Å². The van der Waals surface area contributed by atoms with E-state index in [-0.39, 0.29) is 36.8 Å². The Morgan fingerprint density at radius 1 is 1.18 bits per heavy atom. The van der Waals surface area contributed by atoms with Gasteiger partial charge in [-0.25, -0.2) is 4.98 Å². The van der Waals surface area contributed by atoms with Crippen LogP contribution in [0.1, 0.15) is 22.0 Å². The molecule has 9 heteroatoms. The SMILES string of the molecule is COCCNc1nc2cc(C(=O)N3C[C@@H]4CNC[C@@H]4[C@@H]3c3ccccc3)ccc2n1C.Cl.Cl. The van der Waals surface area contributed by atoms with E-state index >= 15 is 0 Å². The van der Waals surface area contributed by atoms with Crippen LogP contribution in [-0.2, 0) is 11.8 Å². The van der Waals surface area contributed by atoms with Crippen LogP contribution >= 0.6 is 24.8 Å². The van der Waals surface area contributed by atoms with Crippen molar-refractivity contribution in [2.75, 3.05) is 45.2 Å². The van der Waals surface area contributed by atoms with Crippen molar-refractivity contribution >= 4 is 47.7 Å². The molecule has 3 atom stereocenters. The lowest BCUT2D eigenvalue weighted by Gasteiger charge is -2.28. The van der Waals surface area contributed by atoms with E-state index in [2.05, 4.69) is 39.8 Å². The maximum Gasteiger partial charge on any atom is 0.254 e. The highest BCUT2D eigenvalue weighted by atomic mass is 35.5. The van der Waals surface area contributed by atoms with Crippen molar-refractivity contribution in [3.8, 4) is 0 Å². The van der Waals surface area contributed by atoms with Gasteiger partial charge in [0.2, 0.25) is 5.95 Å². The Bertz CT molecular complexity index is 1090. The number of imidazole rings is 1. The van der Waals surface area contributed by atoms with Gasteiger partial charge in [0, 0.05) is 51.8 Å². The zero-order valence-electron chi connectivity index (χ0n) is 18.9. The summed E-state index contributed by atoms with van der Waals surface area (Å²) in [5.41, 5.74) is 3.74. The van der Waals surface area contributed by atoms with E-state index in [0.29, 0.717) is 30.6 Å². The number of ether oxygens (including phenoxy) is 1. The molecular weight excluding hydrogens is 461 g/mol. The number of carbonyl (C=O) groups excluding carboxylic acids is 1. The summed E-state index contributed by atoms with van der Waals surface area (Å²) in [5, 5.41) is 6.80. The summed E-state index contributed by atoms with van der Waals surface area (Å²) in [4.78, 5) is 20.4. The number of benzene rings is 2. The Hall–Kier alpha value is -2.32. The second-order valence-corrected chi connectivity index (χ2v) is 8.51. The third-order valence-corrected chi connectivity index (χ3v) is 6.68. The quantitative estimate of drug-likeness (QED) is 0.516. The molecule has 0 spiro atoms. The molecular formula is C24H31Cl2N5O2. The number of aryl methyl sites for hydroxylation is 1. The molecule has 2 aliphatic rings. The monoisotopic (exact) mass is 491 g/mol. The first-order chi connectivity index (χ1) is 15.2. The third-order valence-electron chi connectivity index (χ3n) is 6.68. The van der Waals surface area contributed by atoms with E-state index in [1.807, 2.05) is 35.9 Å². The standard InChI is InChI=1S/C24H29N5O2.2ClH/c1-28-21-9-8-17(12-20(21)27-24(28)26-10-11-31-2)23(30)29-15-18-13-25-14-19(18)22(29)16-6-4-3-5-7-16;;/h3-9,12,18-19,22,25H,10-11,13-15H2,1-2H3,(H,26,27);2*1H/t18-,19-,22-;;/m0../s1. The van der Waals surface area contributed by atoms with E-state index in [4.69, 9.17) is 9.72 Å². The summed E-state index contributed by atoms with van der Waals surface area (Å²) in [6.07, 6.45) is 0. The van der Waals surface area contributed by atoms with Crippen LogP contribution in [0.4, 0.5) is 5.95 Å². The third kappa shape index (κ3) is 4.68. The van der Waals surface area contributed by atoms with Crippen LogP contribution in [0, 0.1) is 11.8 Å². The number of rotatable bonds is 6. The van der Waals surface area contributed by atoms with Crippen LogP contribution in [0.2, 0.25) is 0 Å². The first kappa shape index (κ1) is 25.3. The minimum absolute atomic E-state index is 0. The number of likely N-dealkylation sites (tertiary alicyclic amines) is 1. The Balaban J connectivity index is 0.00000153. The number of amides is 1. The van der Waals surface area contributed by atoms with Gasteiger partial charge in [0.1, 0.15) is 0 Å². The van der Waals surface area contributed by atoms with Crippen molar-refractivity contribution in [1.82, 2.24) is 19.8 Å². The largest absolute Gasteiger partial charge is 0.383 e. The van der Waals surface area contributed by atoms with E-state index in [1.54, 1.807) is 7.11 Å². The molecule has 0 aliphatic carbocycles. The average molecular weight is 492 g/mol. The second kappa shape index (κ2) is 10.7. The van der Waals surface area contributed by atoms with E-state index < -0.39 is 0 Å². The van der Waals surface area contributed by atoms with Crippen molar-refractivity contribution in [3.63, 3.8) is 0 Å². The van der Waals surface area contributed by atoms with Gasteiger partial charge in [-0.05, 0) is 29.7 Å². The van der Waals surface area contributed by atoms with Crippen LogP contribution < -0.4 is 10.6 Å². The van der Waals surface area contributed by atoms with Gasteiger partial charge in [-0.1, -0.05) is 30.3 Å². The number of hydrogen-bond acceptors (Lipinski definition) is 5. The molecule has 0 bridgehead atoms. The van der Waals surface area contributed by atoms with Crippen molar-refractivity contribution in [2.24, 2.45) is 18.9 Å². The van der Waals surface area contributed by atoms with Gasteiger partial charge in [0.25, 0.3) is 5.91 Å². The lowest BCUT2D eigenvalue weighted by atomic mass is 9.89. The van der Waals surface area contributed by atoms with Crippen LogP contribution in [0.3, 0.4) is 0 Å². The van der Waals surface area contributed by atoms with Crippen molar-refractivity contribution in [1.29, 1.82) is 0 Å². The maximum atomic E-state index is 13.6. The maximum absolute atomic E-state index is 13.6. The molecule has 5 rings (SSSR count). The molecule has 2 aromatic carbocycles. The molecule has 33 heavy (non-hydrogen) atoms. The lowest BCUT2D eigenvalue weighted by molar-refractivity contribution is 0.0714. The van der Waals surface area contributed by atoms with Crippen LogP contribution in [0.25, 0.3) is 11.0 Å². The molecule has 0 unspecified atom stereocenters. The molecule has 2 N–H and O–H groups in total. The highest BCUT2D eigenvalue weighted by Gasteiger charge is 2.46. The fraction of sp³-hybridized carbons (Fsp3) is 0.417. The Labute approximate surface area is 206 Å². The zero-order valence-corrected chi connectivity index (χ0v) is 20.5. The molecule has 1 amide bonds. The molecule has 0 saturated carbocycles. The van der Waals surface area contributed by atoms with Gasteiger partial charge >= 0.3 is 0 Å². The van der Waals surface area contributed by atoms with Crippen molar-refractivity contribution < 1.29 is 9.53 Å². The second-order valence-electron chi connectivity index (χ2n) is 8.51. The van der Waals surface area contributed by atoms with Crippen LogP contribution in [-0.4, -0.2) is 60.3 Å². The van der Waals surface area contributed by atoms with Crippen LogP contribution in [0.5, 0.6) is 0 Å². The summed E-state index contributed by atoms with van der Waals surface area (Å²) in [7, 11) is 3.66. The molecule has 3 aromatic rings. The Morgan fingerprint density at radius 3 is 2.73 bits per heavy atom. The number of fused-ring (bicyclic) bond motifs is 2. The highest BCUT2D eigenvalue weighted by molar-refractivity contribution is 5.98. The van der Waals surface area contributed by atoms with Gasteiger partial charge in [-0.2, -0.15) is 0 Å². The first-order valence-electron chi connectivity index (χ1n) is 10.9. The predicted octanol–water partition coefficient (Wildman–Crippen LogP) is 3.51. The lowest BCUT2D eigenvalue weighted by Crippen LogP contribution is -2.34. The summed E-state index contributed by atoms with van der Waals surface area (Å²) in [6, 6.07) is 16.4. The fourth-order valence-electron chi connectivity index (χ4n) is 5.13. The minimum Gasteiger partial charge on any atom is -0.383 e. The molecule has 1 aromatic heterocycles. The summed E-state index contributed by atoms with van der Waals surface area (Å²) in [5.74, 6) is 1.83. The average Bonchev–Trinajstić information content (AvgIpc) is 3.47. The van der Waals surface area contributed by atoms with Crippen molar-refractivity contribution in [3.05, 3.63) is 59.7 Å². The molecule has 2 saturated heterocycles. The smallest absolute Gasteiger partial charge is 0.254 e. The van der Waals surface area contributed by atoms with Gasteiger partial charge in [0.15, 0.2) is 0 Å². The number of aromatic nitrogens is 2. The number of anilines is 1. The fourth-order valence-corrected chi connectivity index (χ4v) is 5.13. The number of carbonyl (C=O) groups is 1. The van der Waals surface area contributed by atoms with E-state index in [1.165, 1.54) is 5.56 Å².